The lowest BCUT2D eigenvalue weighted by molar-refractivity contribution is -0.138. The fourth-order valence-electron chi connectivity index (χ4n) is 2.99. The predicted octanol–water partition coefficient (Wildman–Crippen LogP) is 5.24. The van der Waals surface area contributed by atoms with E-state index >= 15 is 0 Å². The normalized spacial score (nSPS) is 13.0. The van der Waals surface area contributed by atoms with Gasteiger partial charge in [-0.05, 0) is 12.1 Å². The second-order valence-electron chi connectivity index (χ2n) is 6.58. The fraction of sp³-hybridized carbons (Fsp3) is 0.278. The minimum atomic E-state index is -4.93. The smallest absolute Gasteiger partial charge is 0.275 e. The van der Waals surface area contributed by atoms with Crippen LogP contribution in [-0.4, -0.2) is 34.6 Å². The number of rotatable bonds is 3. The summed E-state index contributed by atoms with van der Waals surface area (Å²) >= 11 is 6.23. The minimum Gasteiger partial charge on any atom is -0.275 e. The molecule has 0 atom stereocenters. The molecule has 32 heavy (non-hydrogen) atoms. The van der Waals surface area contributed by atoms with Crippen molar-refractivity contribution in [1.29, 1.82) is 0 Å². The van der Waals surface area contributed by atoms with Crippen LogP contribution in [-0.2, 0) is 22.2 Å². The zero-order valence-corrected chi connectivity index (χ0v) is 17.7. The van der Waals surface area contributed by atoms with Gasteiger partial charge in [0.2, 0.25) is 5.91 Å². The van der Waals surface area contributed by atoms with E-state index in [1.165, 1.54) is 6.92 Å². The predicted molar refractivity (Wildman–Crippen MR) is 102 cm³/mol. The quantitative estimate of drug-likeness (QED) is 0.460. The maximum Gasteiger partial charge on any atom is 0.417 e. The fourth-order valence-corrected chi connectivity index (χ4v) is 4.37. The number of aromatic nitrogens is 3. The standard InChI is InChI=1S/C18H12ClF6N3O3S/c1-3-32(30,31)12-5-10(18(23,24)25)7-27-15(12)16-13(19)14-11(28(16)8(2)29)4-9(6-26-14)17(20,21)22/h4-7H,3H2,1-2H3. The molecule has 0 unspecified atom stereocenters. The lowest BCUT2D eigenvalue weighted by Crippen LogP contribution is -2.15. The molecule has 0 saturated heterocycles. The van der Waals surface area contributed by atoms with Gasteiger partial charge in [-0.25, -0.2) is 8.42 Å². The summed E-state index contributed by atoms with van der Waals surface area (Å²) < 4.78 is 105. The van der Waals surface area contributed by atoms with Crippen LogP contribution < -0.4 is 0 Å². The molecule has 0 fully saturated rings. The number of nitrogens with zero attached hydrogens (tertiary/aromatic N) is 3. The van der Waals surface area contributed by atoms with E-state index in [0.29, 0.717) is 29.1 Å². The molecule has 3 heterocycles. The number of hydrogen-bond acceptors (Lipinski definition) is 5. The van der Waals surface area contributed by atoms with E-state index in [9.17, 15) is 39.6 Å². The molecule has 0 aliphatic rings. The first-order chi connectivity index (χ1) is 14.6. The summed E-state index contributed by atoms with van der Waals surface area (Å²) in [5, 5.41) is -0.441. The van der Waals surface area contributed by atoms with Crippen LogP contribution in [0.4, 0.5) is 26.3 Å². The highest BCUT2D eigenvalue weighted by atomic mass is 35.5. The summed E-state index contributed by atoms with van der Waals surface area (Å²) in [4.78, 5) is 18.7. The van der Waals surface area contributed by atoms with Crippen molar-refractivity contribution >= 4 is 38.4 Å². The van der Waals surface area contributed by atoms with Gasteiger partial charge >= 0.3 is 12.4 Å². The van der Waals surface area contributed by atoms with Crippen LogP contribution in [0, 0.1) is 0 Å². The maximum absolute atomic E-state index is 13.2. The van der Waals surface area contributed by atoms with Gasteiger partial charge in [-0.1, -0.05) is 18.5 Å². The van der Waals surface area contributed by atoms with Gasteiger partial charge in [0.15, 0.2) is 9.84 Å². The number of carbonyl (C=O) groups excluding carboxylic acids is 1. The van der Waals surface area contributed by atoms with E-state index in [2.05, 4.69) is 9.97 Å². The monoisotopic (exact) mass is 499 g/mol. The Kier molecular flexibility index (Phi) is 5.79. The first kappa shape index (κ1) is 24.0. The highest BCUT2D eigenvalue weighted by Gasteiger charge is 2.36. The van der Waals surface area contributed by atoms with Crippen molar-refractivity contribution in [3.05, 3.63) is 40.7 Å². The van der Waals surface area contributed by atoms with Gasteiger partial charge in [0.1, 0.15) is 11.2 Å². The molecule has 0 spiro atoms. The van der Waals surface area contributed by atoms with E-state index in [4.69, 9.17) is 11.6 Å². The van der Waals surface area contributed by atoms with Gasteiger partial charge in [-0.2, -0.15) is 26.3 Å². The third-order valence-corrected chi connectivity index (χ3v) is 6.61. The third-order valence-electron chi connectivity index (χ3n) is 4.51. The number of hydrogen-bond donors (Lipinski definition) is 0. The summed E-state index contributed by atoms with van der Waals surface area (Å²) in [7, 11) is -4.33. The van der Waals surface area contributed by atoms with Gasteiger partial charge in [0, 0.05) is 19.3 Å². The molecular formula is C18H12ClF6N3O3S. The van der Waals surface area contributed by atoms with E-state index in [-0.39, 0.29) is 5.52 Å². The molecule has 0 saturated carbocycles. The molecule has 3 aromatic heterocycles. The van der Waals surface area contributed by atoms with E-state index in [1.54, 1.807) is 0 Å². The number of alkyl halides is 6. The van der Waals surface area contributed by atoms with Crippen molar-refractivity contribution < 1.29 is 39.6 Å². The third kappa shape index (κ3) is 4.06. The molecule has 3 aromatic rings. The van der Waals surface area contributed by atoms with Crippen molar-refractivity contribution in [2.45, 2.75) is 31.1 Å². The maximum atomic E-state index is 13.2. The summed E-state index contributed by atoms with van der Waals surface area (Å²) in [5.41, 5.74) is -4.38. The van der Waals surface area contributed by atoms with E-state index in [0.717, 1.165) is 6.92 Å². The summed E-state index contributed by atoms with van der Waals surface area (Å²) in [6, 6.07) is 0.922. The van der Waals surface area contributed by atoms with Crippen LogP contribution in [0.15, 0.2) is 29.4 Å². The van der Waals surface area contributed by atoms with Gasteiger partial charge in [0.25, 0.3) is 0 Å². The number of fused-ring (bicyclic) bond motifs is 1. The molecule has 0 radical (unpaired) electrons. The molecule has 0 bridgehead atoms. The Bertz CT molecular complexity index is 1350. The number of sulfone groups is 1. The van der Waals surface area contributed by atoms with Crippen LogP contribution >= 0.6 is 11.6 Å². The second-order valence-corrected chi connectivity index (χ2v) is 9.20. The zero-order chi connectivity index (χ0) is 24.2. The number of halogens is 7. The molecule has 0 amide bonds. The van der Waals surface area contributed by atoms with E-state index < -0.39 is 71.8 Å². The summed E-state index contributed by atoms with van der Waals surface area (Å²) in [5.74, 6) is -1.50. The van der Waals surface area contributed by atoms with Gasteiger partial charge in [-0.15, -0.1) is 0 Å². The van der Waals surface area contributed by atoms with Gasteiger partial charge in [-0.3, -0.25) is 19.3 Å². The van der Waals surface area contributed by atoms with Crippen molar-refractivity contribution in [1.82, 2.24) is 14.5 Å². The molecule has 3 rings (SSSR count). The topological polar surface area (TPSA) is 81.9 Å². The zero-order valence-electron chi connectivity index (χ0n) is 16.1. The highest BCUT2D eigenvalue weighted by Crippen LogP contribution is 2.41. The Hall–Kier alpha value is -2.67. The van der Waals surface area contributed by atoms with Crippen LogP contribution in [0.25, 0.3) is 22.4 Å². The first-order valence-electron chi connectivity index (χ1n) is 8.68. The Morgan fingerprint density at radius 3 is 2.06 bits per heavy atom. The molecule has 172 valence electrons. The Labute approximate surface area is 181 Å². The van der Waals surface area contributed by atoms with Crippen molar-refractivity contribution in [3.8, 4) is 11.4 Å². The molecule has 0 aliphatic heterocycles. The molecule has 0 aromatic carbocycles. The molecule has 0 N–H and O–H groups in total. The largest absolute Gasteiger partial charge is 0.417 e. The Morgan fingerprint density at radius 2 is 1.56 bits per heavy atom. The number of pyridine rings is 2. The van der Waals surface area contributed by atoms with Crippen LogP contribution in [0.2, 0.25) is 5.02 Å². The van der Waals surface area contributed by atoms with Crippen LogP contribution in [0.3, 0.4) is 0 Å². The highest BCUT2D eigenvalue weighted by molar-refractivity contribution is 7.91. The van der Waals surface area contributed by atoms with Gasteiger partial charge < -0.3 is 0 Å². The van der Waals surface area contributed by atoms with Crippen molar-refractivity contribution in [2.24, 2.45) is 0 Å². The molecule has 0 aliphatic carbocycles. The summed E-state index contributed by atoms with van der Waals surface area (Å²) in [6.07, 6.45) is -8.93. The molecular weight excluding hydrogens is 488 g/mol. The molecule has 6 nitrogen and oxygen atoms in total. The number of carbonyl (C=O) groups is 1. The lowest BCUT2D eigenvalue weighted by atomic mass is 10.2. The summed E-state index contributed by atoms with van der Waals surface area (Å²) in [6.45, 7) is 2.14. The minimum absolute atomic E-state index is 0.286. The Morgan fingerprint density at radius 1 is 1.03 bits per heavy atom. The van der Waals surface area contributed by atoms with Gasteiger partial charge in [0.05, 0.1) is 38.0 Å². The van der Waals surface area contributed by atoms with E-state index in [1.807, 2.05) is 0 Å². The molecule has 14 heteroatoms. The lowest BCUT2D eigenvalue weighted by Gasteiger charge is -2.14. The second kappa shape index (κ2) is 7.73. The average Bonchev–Trinajstić information content (AvgIpc) is 2.98. The average molecular weight is 500 g/mol. The SMILES string of the molecule is CCS(=O)(=O)c1cc(C(F)(F)F)cnc1-c1c(Cl)c2ncc(C(F)(F)F)cc2n1C(C)=O. The Balaban J connectivity index is 2.48. The van der Waals surface area contributed by atoms with Crippen molar-refractivity contribution in [3.63, 3.8) is 0 Å². The van der Waals surface area contributed by atoms with Crippen LogP contribution in [0.5, 0.6) is 0 Å². The van der Waals surface area contributed by atoms with Crippen LogP contribution in [0.1, 0.15) is 29.8 Å². The first-order valence-corrected chi connectivity index (χ1v) is 10.7. The van der Waals surface area contributed by atoms with Crippen molar-refractivity contribution in [2.75, 3.05) is 5.75 Å².